The molecular weight excluding hydrogens is 277 g/mol. The molecule has 1 saturated carbocycles. The lowest BCUT2D eigenvalue weighted by Gasteiger charge is -2.36. The summed E-state index contributed by atoms with van der Waals surface area (Å²) in [6.07, 6.45) is 6.37. The molecule has 0 amide bonds. The molecule has 0 radical (unpaired) electrons. The SMILES string of the molecule is CCC1CCC(NC)C(Cc2ccc(Cl)c(Cl)c2)C1. The molecule has 1 aliphatic rings. The lowest BCUT2D eigenvalue weighted by atomic mass is 9.74. The maximum absolute atomic E-state index is 6.11. The van der Waals surface area contributed by atoms with Crippen LogP contribution in [0, 0.1) is 11.8 Å². The molecule has 1 N–H and O–H groups in total. The Labute approximate surface area is 126 Å². The minimum absolute atomic E-state index is 0.636. The second-order valence-corrected chi connectivity index (χ2v) is 6.51. The molecule has 106 valence electrons. The van der Waals surface area contributed by atoms with Gasteiger partial charge in [0.15, 0.2) is 0 Å². The molecular formula is C16H23Cl2N. The van der Waals surface area contributed by atoms with Gasteiger partial charge in [0.2, 0.25) is 0 Å². The van der Waals surface area contributed by atoms with Crippen LogP contribution in [0.1, 0.15) is 38.2 Å². The fourth-order valence-electron chi connectivity index (χ4n) is 3.31. The predicted molar refractivity (Wildman–Crippen MR) is 84.1 cm³/mol. The minimum Gasteiger partial charge on any atom is -0.317 e. The molecule has 1 fully saturated rings. The second-order valence-electron chi connectivity index (χ2n) is 5.70. The first-order chi connectivity index (χ1) is 9.13. The highest BCUT2D eigenvalue weighted by molar-refractivity contribution is 6.42. The van der Waals surface area contributed by atoms with E-state index in [2.05, 4.69) is 25.4 Å². The third-order valence-corrected chi connectivity index (χ3v) is 5.26. The quantitative estimate of drug-likeness (QED) is 0.829. The van der Waals surface area contributed by atoms with E-state index < -0.39 is 0 Å². The Hall–Kier alpha value is -0.240. The third-order valence-electron chi connectivity index (χ3n) is 4.52. The predicted octanol–water partition coefficient (Wildman–Crippen LogP) is 4.95. The summed E-state index contributed by atoms with van der Waals surface area (Å²) in [5, 5.41) is 4.80. The van der Waals surface area contributed by atoms with E-state index in [0.717, 1.165) is 12.3 Å². The van der Waals surface area contributed by atoms with E-state index in [9.17, 15) is 0 Å². The van der Waals surface area contributed by atoms with Crippen LogP contribution in [-0.4, -0.2) is 13.1 Å². The lowest BCUT2D eigenvalue weighted by molar-refractivity contribution is 0.205. The van der Waals surface area contributed by atoms with Crippen molar-refractivity contribution in [1.29, 1.82) is 0 Å². The summed E-state index contributed by atoms with van der Waals surface area (Å²) in [6.45, 7) is 2.31. The molecule has 0 saturated heterocycles. The molecule has 3 heteroatoms. The van der Waals surface area contributed by atoms with Crippen LogP contribution < -0.4 is 5.32 Å². The van der Waals surface area contributed by atoms with E-state index >= 15 is 0 Å². The number of nitrogens with one attached hydrogen (secondary N) is 1. The first-order valence-electron chi connectivity index (χ1n) is 7.25. The smallest absolute Gasteiger partial charge is 0.0595 e. The van der Waals surface area contributed by atoms with Crippen molar-refractivity contribution in [2.45, 2.75) is 45.1 Å². The van der Waals surface area contributed by atoms with Gasteiger partial charge in [-0.2, -0.15) is 0 Å². The first-order valence-corrected chi connectivity index (χ1v) is 8.00. The Morgan fingerprint density at radius 2 is 2.00 bits per heavy atom. The van der Waals surface area contributed by atoms with Gasteiger partial charge in [0, 0.05) is 6.04 Å². The van der Waals surface area contributed by atoms with Crippen molar-refractivity contribution in [2.75, 3.05) is 7.05 Å². The first kappa shape index (κ1) is 15.2. The highest BCUT2D eigenvalue weighted by atomic mass is 35.5. The van der Waals surface area contributed by atoms with E-state index in [1.807, 2.05) is 12.1 Å². The summed E-state index contributed by atoms with van der Waals surface area (Å²) in [5.74, 6) is 1.60. The van der Waals surface area contributed by atoms with Gasteiger partial charge in [0.1, 0.15) is 0 Å². The van der Waals surface area contributed by atoms with Gasteiger partial charge in [-0.3, -0.25) is 0 Å². The summed E-state index contributed by atoms with van der Waals surface area (Å²) in [7, 11) is 2.08. The molecule has 1 aromatic rings. The Morgan fingerprint density at radius 3 is 2.63 bits per heavy atom. The van der Waals surface area contributed by atoms with Gasteiger partial charge < -0.3 is 5.32 Å². The molecule has 1 aliphatic carbocycles. The zero-order chi connectivity index (χ0) is 13.8. The van der Waals surface area contributed by atoms with Crippen LogP contribution in [0.3, 0.4) is 0 Å². The fraction of sp³-hybridized carbons (Fsp3) is 0.625. The van der Waals surface area contributed by atoms with E-state index in [0.29, 0.717) is 22.0 Å². The number of hydrogen-bond donors (Lipinski definition) is 1. The van der Waals surface area contributed by atoms with Gasteiger partial charge in [-0.1, -0.05) is 42.6 Å². The standard InChI is InChI=1S/C16H23Cl2N/c1-3-11-5-7-16(19-2)13(8-11)9-12-4-6-14(17)15(18)10-12/h4,6,10-11,13,16,19H,3,5,7-9H2,1-2H3. The highest BCUT2D eigenvalue weighted by Crippen LogP contribution is 2.34. The zero-order valence-electron chi connectivity index (χ0n) is 11.8. The van der Waals surface area contributed by atoms with Crippen LogP contribution in [0.2, 0.25) is 10.0 Å². The number of rotatable bonds is 4. The summed E-state index contributed by atoms with van der Waals surface area (Å²) < 4.78 is 0. The number of benzene rings is 1. The topological polar surface area (TPSA) is 12.0 Å². The summed E-state index contributed by atoms with van der Waals surface area (Å²) >= 11 is 12.1. The minimum atomic E-state index is 0.636. The van der Waals surface area contributed by atoms with Crippen LogP contribution in [0.5, 0.6) is 0 Å². The van der Waals surface area contributed by atoms with Crippen molar-refractivity contribution in [3.05, 3.63) is 33.8 Å². The maximum atomic E-state index is 6.11. The zero-order valence-corrected chi connectivity index (χ0v) is 13.3. The van der Waals surface area contributed by atoms with Crippen molar-refractivity contribution in [1.82, 2.24) is 5.32 Å². The Morgan fingerprint density at radius 1 is 1.21 bits per heavy atom. The Bertz CT molecular complexity index is 419. The third kappa shape index (κ3) is 3.87. The molecule has 3 atom stereocenters. The highest BCUT2D eigenvalue weighted by Gasteiger charge is 2.28. The normalized spacial score (nSPS) is 27.5. The number of halogens is 2. The molecule has 19 heavy (non-hydrogen) atoms. The van der Waals surface area contributed by atoms with Crippen molar-refractivity contribution in [2.24, 2.45) is 11.8 Å². The Kier molecular flexibility index (Phi) is 5.56. The average Bonchev–Trinajstić information content (AvgIpc) is 2.43. The van der Waals surface area contributed by atoms with Crippen LogP contribution in [0.15, 0.2) is 18.2 Å². The summed E-state index contributed by atoms with van der Waals surface area (Å²) in [6, 6.07) is 6.67. The monoisotopic (exact) mass is 299 g/mol. The van der Waals surface area contributed by atoms with E-state index in [-0.39, 0.29) is 0 Å². The van der Waals surface area contributed by atoms with Crippen LogP contribution in [0.25, 0.3) is 0 Å². The van der Waals surface area contributed by atoms with E-state index in [1.165, 1.54) is 31.2 Å². The molecule has 0 aliphatic heterocycles. The molecule has 0 bridgehead atoms. The lowest BCUT2D eigenvalue weighted by Crippen LogP contribution is -2.39. The van der Waals surface area contributed by atoms with Gasteiger partial charge >= 0.3 is 0 Å². The van der Waals surface area contributed by atoms with Gasteiger partial charge in [-0.15, -0.1) is 0 Å². The maximum Gasteiger partial charge on any atom is 0.0595 e. The van der Waals surface area contributed by atoms with Gasteiger partial charge in [-0.25, -0.2) is 0 Å². The summed E-state index contributed by atoms with van der Waals surface area (Å²) in [4.78, 5) is 0. The molecule has 0 aromatic heterocycles. The van der Waals surface area contributed by atoms with Gasteiger partial charge in [0.05, 0.1) is 10.0 Å². The van der Waals surface area contributed by atoms with Crippen LogP contribution in [-0.2, 0) is 6.42 Å². The van der Waals surface area contributed by atoms with Crippen molar-refractivity contribution in [3.8, 4) is 0 Å². The molecule has 1 nitrogen and oxygen atoms in total. The molecule has 0 spiro atoms. The van der Waals surface area contributed by atoms with E-state index in [4.69, 9.17) is 23.2 Å². The van der Waals surface area contributed by atoms with Crippen molar-refractivity contribution < 1.29 is 0 Å². The summed E-state index contributed by atoms with van der Waals surface area (Å²) in [5.41, 5.74) is 1.30. The van der Waals surface area contributed by atoms with Gasteiger partial charge in [0.25, 0.3) is 0 Å². The van der Waals surface area contributed by atoms with Crippen LogP contribution >= 0.6 is 23.2 Å². The van der Waals surface area contributed by atoms with Crippen LogP contribution in [0.4, 0.5) is 0 Å². The molecule has 3 unspecified atom stereocenters. The van der Waals surface area contributed by atoms with Crippen molar-refractivity contribution in [3.63, 3.8) is 0 Å². The largest absolute Gasteiger partial charge is 0.317 e. The van der Waals surface area contributed by atoms with Gasteiger partial charge in [-0.05, 0) is 62.3 Å². The van der Waals surface area contributed by atoms with Crippen molar-refractivity contribution >= 4 is 23.2 Å². The fourth-order valence-corrected chi connectivity index (χ4v) is 3.63. The van der Waals surface area contributed by atoms with E-state index in [1.54, 1.807) is 0 Å². The molecule has 2 rings (SSSR count). The average molecular weight is 300 g/mol. The second kappa shape index (κ2) is 6.97. The Balaban J connectivity index is 2.07. The molecule has 0 heterocycles. The number of hydrogen-bond acceptors (Lipinski definition) is 1. The molecule has 1 aromatic carbocycles.